The van der Waals surface area contributed by atoms with Crippen molar-refractivity contribution in [3.8, 4) is 5.75 Å². The summed E-state index contributed by atoms with van der Waals surface area (Å²) in [6, 6.07) is 5.27. The average molecular weight is 369 g/mol. The summed E-state index contributed by atoms with van der Waals surface area (Å²) in [5, 5.41) is 0. The molecule has 2 aromatic rings. The average Bonchev–Trinajstić information content (AvgIpc) is 2.42. The number of hydrogen-bond donors (Lipinski definition) is 1. The lowest BCUT2D eigenvalue weighted by atomic mass is 10.1. The van der Waals surface area contributed by atoms with Gasteiger partial charge in [0.05, 0.1) is 34.3 Å². The number of halogens is 1. The minimum atomic E-state index is -1.20. The van der Waals surface area contributed by atoms with E-state index in [0.29, 0.717) is 16.3 Å². The number of nitrogens with two attached hydrogens (primary N) is 1. The van der Waals surface area contributed by atoms with E-state index in [9.17, 15) is 4.21 Å². The maximum Gasteiger partial charge on any atom is 0.128 e. The van der Waals surface area contributed by atoms with Crippen LogP contribution in [0, 0.1) is 13.8 Å². The SMILES string of the molecule is COc1c(C)cnc(CS(=O)c2ccc(N)cc2Br)c1C. The minimum Gasteiger partial charge on any atom is -0.496 e. The molecule has 0 bridgehead atoms. The van der Waals surface area contributed by atoms with Crippen LogP contribution in [0.4, 0.5) is 5.69 Å². The Morgan fingerprint density at radius 3 is 2.71 bits per heavy atom. The third kappa shape index (κ3) is 3.44. The topological polar surface area (TPSA) is 65.2 Å². The second kappa shape index (κ2) is 6.58. The number of aryl methyl sites for hydroxylation is 1. The lowest BCUT2D eigenvalue weighted by Crippen LogP contribution is -2.04. The van der Waals surface area contributed by atoms with Crippen molar-refractivity contribution in [1.82, 2.24) is 4.98 Å². The van der Waals surface area contributed by atoms with Gasteiger partial charge in [-0.15, -0.1) is 0 Å². The molecule has 1 unspecified atom stereocenters. The van der Waals surface area contributed by atoms with Crippen LogP contribution < -0.4 is 10.5 Å². The summed E-state index contributed by atoms with van der Waals surface area (Å²) in [5.74, 6) is 1.14. The molecule has 0 aliphatic rings. The van der Waals surface area contributed by atoms with Gasteiger partial charge < -0.3 is 10.5 Å². The number of aromatic nitrogens is 1. The predicted molar refractivity (Wildman–Crippen MR) is 88.9 cm³/mol. The Labute approximate surface area is 135 Å². The van der Waals surface area contributed by atoms with Gasteiger partial charge in [0.1, 0.15) is 5.75 Å². The van der Waals surface area contributed by atoms with Gasteiger partial charge in [0, 0.05) is 27.5 Å². The van der Waals surface area contributed by atoms with Crippen LogP contribution in [0.25, 0.3) is 0 Å². The normalized spacial score (nSPS) is 12.2. The fraction of sp³-hybridized carbons (Fsp3) is 0.267. The zero-order chi connectivity index (χ0) is 15.6. The number of nitrogen functional groups attached to an aromatic ring is 1. The van der Waals surface area contributed by atoms with Crippen molar-refractivity contribution in [2.75, 3.05) is 12.8 Å². The number of hydrogen-bond acceptors (Lipinski definition) is 4. The van der Waals surface area contributed by atoms with E-state index in [1.807, 2.05) is 13.8 Å². The van der Waals surface area contributed by atoms with Crippen molar-refractivity contribution in [2.45, 2.75) is 24.5 Å². The number of nitrogens with zero attached hydrogens (tertiary/aromatic N) is 1. The summed E-state index contributed by atoms with van der Waals surface area (Å²) in [7, 11) is 0.430. The van der Waals surface area contributed by atoms with Gasteiger partial charge >= 0.3 is 0 Å². The molecule has 0 fully saturated rings. The number of ether oxygens (including phenoxy) is 1. The maximum atomic E-state index is 12.5. The van der Waals surface area contributed by atoms with Crippen LogP contribution in [-0.2, 0) is 16.6 Å². The first-order valence-electron chi connectivity index (χ1n) is 6.36. The van der Waals surface area contributed by atoms with Gasteiger partial charge in [-0.1, -0.05) is 0 Å². The Morgan fingerprint density at radius 2 is 2.10 bits per heavy atom. The molecule has 1 heterocycles. The van der Waals surface area contributed by atoms with Crippen LogP contribution in [0.15, 0.2) is 33.8 Å². The second-order valence-corrected chi connectivity index (χ2v) is 7.00. The smallest absolute Gasteiger partial charge is 0.128 e. The van der Waals surface area contributed by atoms with Crippen LogP contribution in [0.5, 0.6) is 5.75 Å². The van der Waals surface area contributed by atoms with Crippen LogP contribution in [0.3, 0.4) is 0 Å². The summed E-state index contributed by atoms with van der Waals surface area (Å²) in [6.07, 6.45) is 1.75. The quantitative estimate of drug-likeness (QED) is 0.840. The van der Waals surface area contributed by atoms with Gasteiger partial charge in [0.2, 0.25) is 0 Å². The molecule has 1 aromatic carbocycles. The van der Waals surface area contributed by atoms with Crippen molar-refractivity contribution in [2.24, 2.45) is 0 Å². The van der Waals surface area contributed by atoms with E-state index in [0.717, 1.165) is 27.0 Å². The molecular formula is C15H17BrN2O2S. The molecular weight excluding hydrogens is 352 g/mol. The molecule has 1 atom stereocenters. The molecule has 0 saturated heterocycles. The molecule has 6 heteroatoms. The fourth-order valence-corrected chi connectivity index (χ4v) is 4.25. The standard InChI is InChI=1S/C15H17BrN2O2S/c1-9-7-18-13(10(2)15(9)20-3)8-21(19)14-5-4-11(17)6-12(14)16/h4-7H,8,17H2,1-3H3. The van der Waals surface area contributed by atoms with Crippen LogP contribution in [0.1, 0.15) is 16.8 Å². The third-order valence-electron chi connectivity index (χ3n) is 3.22. The molecule has 0 aliphatic carbocycles. The van der Waals surface area contributed by atoms with E-state index in [1.54, 1.807) is 31.5 Å². The lowest BCUT2D eigenvalue weighted by molar-refractivity contribution is 0.407. The van der Waals surface area contributed by atoms with E-state index in [4.69, 9.17) is 10.5 Å². The first-order chi connectivity index (χ1) is 9.93. The van der Waals surface area contributed by atoms with Gasteiger partial charge in [0.25, 0.3) is 0 Å². The van der Waals surface area contributed by atoms with Crippen molar-refractivity contribution >= 4 is 32.4 Å². The first-order valence-corrected chi connectivity index (χ1v) is 8.47. The Hall–Kier alpha value is -1.40. The Morgan fingerprint density at radius 1 is 1.38 bits per heavy atom. The van der Waals surface area contributed by atoms with Crippen molar-refractivity contribution in [3.63, 3.8) is 0 Å². The largest absolute Gasteiger partial charge is 0.496 e. The van der Waals surface area contributed by atoms with Gasteiger partial charge in [-0.05, 0) is 48.0 Å². The number of benzene rings is 1. The van der Waals surface area contributed by atoms with Crippen molar-refractivity contribution in [3.05, 3.63) is 45.7 Å². The monoisotopic (exact) mass is 368 g/mol. The molecule has 4 nitrogen and oxygen atoms in total. The first kappa shape index (κ1) is 16.0. The highest BCUT2D eigenvalue weighted by Gasteiger charge is 2.15. The van der Waals surface area contributed by atoms with Crippen molar-refractivity contribution < 1.29 is 8.95 Å². The lowest BCUT2D eigenvalue weighted by Gasteiger charge is -2.12. The zero-order valence-electron chi connectivity index (χ0n) is 12.1. The Kier molecular flexibility index (Phi) is 5.00. The molecule has 0 spiro atoms. The molecule has 112 valence electrons. The Balaban J connectivity index is 2.32. The molecule has 0 saturated carbocycles. The highest BCUT2D eigenvalue weighted by Crippen LogP contribution is 2.28. The number of rotatable bonds is 4. The van der Waals surface area contributed by atoms with Crippen LogP contribution >= 0.6 is 15.9 Å². The molecule has 0 aliphatic heterocycles. The second-order valence-electron chi connectivity index (χ2n) is 4.73. The van der Waals surface area contributed by atoms with Gasteiger partial charge in [-0.2, -0.15) is 0 Å². The van der Waals surface area contributed by atoms with E-state index < -0.39 is 10.8 Å². The molecule has 0 amide bonds. The molecule has 0 radical (unpaired) electrons. The zero-order valence-corrected chi connectivity index (χ0v) is 14.5. The fourth-order valence-electron chi connectivity index (χ4n) is 2.12. The highest BCUT2D eigenvalue weighted by atomic mass is 79.9. The van der Waals surface area contributed by atoms with Gasteiger partial charge in [0.15, 0.2) is 0 Å². The summed E-state index contributed by atoms with van der Waals surface area (Å²) in [6.45, 7) is 3.87. The van der Waals surface area contributed by atoms with Gasteiger partial charge in [-0.25, -0.2) is 0 Å². The van der Waals surface area contributed by atoms with E-state index in [1.165, 1.54) is 0 Å². The molecule has 2 rings (SSSR count). The molecule has 21 heavy (non-hydrogen) atoms. The third-order valence-corrected chi connectivity index (χ3v) is 5.52. The van der Waals surface area contributed by atoms with Crippen molar-refractivity contribution in [1.29, 1.82) is 0 Å². The summed E-state index contributed by atoms with van der Waals surface area (Å²) in [5.41, 5.74) is 9.01. The number of pyridine rings is 1. The molecule has 1 aromatic heterocycles. The number of anilines is 1. The number of methoxy groups -OCH3 is 1. The Bertz CT molecular complexity index is 704. The maximum absolute atomic E-state index is 12.5. The van der Waals surface area contributed by atoms with E-state index in [-0.39, 0.29) is 0 Å². The summed E-state index contributed by atoms with van der Waals surface area (Å²) in [4.78, 5) is 5.10. The summed E-state index contributed by atoms with van der Waals surface area (Å²) < 4.78 is 18.7. The van der Waals surface area contributed by atoms with E-state index >= 15 is 0 Å². The minimum absolute atomic E-state index is 0.338. The van der Waals surface area contributed by atoms with E-state index in [2.05, 4.69) is 20.9 Å². The summed E-state index contributed by atoms with van der Waals surface area (Å²) >= 11 is 3.40. The van der Waals surface area contributed by atoms with Crippen LogP contribution in [0.2, 0.25) is 0 Å². The van der Waals surface area contributed by atoms with Crippen LogP contribution in [-0.4, -0.2) is 16.3 Å². The highest BCUT2D eigenvalue weighted by molar-refractivity contribution is 9.10. The van der Waals surface area contributed by atoms with Gasteiger partial charge in [-0.3, -0.25) is 9.19 Å². The predicted octanol–water partition coefficient (Wildman–Crippen LogP) is 3.36. The molecule has 2 N–H and O–H groups in total.